The smallest absolute Gasteiger partial charge is 0.0618 e. The average molecular weight is 245 g/mol. The first-order valence-electron chi connectivity index (χ1n) is 7.17. The van der Waals surface area contributed by atoms with Crippen LogP contribution in [0.25, 0.3) is 0 Å². The van der Waals surface area contributed by atoms with E-state index in [-0.39, 0.29) is 5.54 Å². The van der Waals surface area contributed by atoms with Crippen LogP contribution in [0.15, 0.2) is 30.3 Å². The van der Waals surface area contributed by atoms with Gasteiger partial charge in [0.2, 0.25) is 0 Å². The maximum Gasteiger partial charge on any atom is 0.0618 e. The first-order valence-corrected chi connectivity index (χ1v) is 7.17. The van der Waals surface area contributed by atoms with Crippen molar-refractivity contribution in [3.63, 3.8) is 0 Å². The lowest BCUT2D eigenvalue weighted by Gasteiger charge is -2.43. The molecular formula is C16H23NO. The molecule has 0 bridgehead atoms. The number of benzene rings is 1. The second-order valence-electron chi connectivity index (χ2n) is 5.98. The highest BCUT2D eigenvalue weighted by molar-refractivity contribution is 5.23. The number of hydrogen-bond acceptors (Lipinski definition) is 2. The molecule has 2 fully saturated rings. The van der Waals surface area contributed by atoms with Gasteiger partial charge in [0.05, 0.1) is 6.61 Å². The standard InChI is InChI=1S/C16H23NO/c1-17-15(13-7-3-2-4-8-13)11-14-9-5-6-10-16(14,17)12-18/h2-4,7-8,14-15,18H,5-6,9-12H2,1H3/t14-,15-,16+/m0/s1. The Hall–Kier alpha value is -0.860. The minimum Gasteiger partial charge on any atom is -0.394 e. The van der Waals surface area contributed by atoms with E-state index in [9.17, 15) is 5.11 Å². The van der Waals surface area contributed by atoms with Crippen molar-refractivity contribution in [3.05, 3.63) is 35.9 Å². The van der Waals surface area contributed by atoms with Crippen LogP contribution in [0.5, 0.6) is 0 Å². The van der Waals surface area contributed by atoms with Gasteiger partial charge in [-0.05, 0) is 37.8 Å². The normalized spacial score (nSPS) is 36.6. The van der Waals surface area contributed by atoms with Gasteiger partial charge in [-0.2, -0.15) is 0 Å². The summed E-state index contributed by atoms with van der Waals surface area (Å²) in [5.74, 6) is 0.673. The van der Waals surface area contributed by atoms with Crippen LogP contribution in [0.4, 0.5) is 0 Å². The molecule has 98 valence electrons. The van der Waals surface area contributed by atoms with Crippen molar-refractivity contribution in [1.82, 2.24) is 4.90 Å². The molecule has 3 rings (SSSR count). The Morgan fingerprint density at radius 2 is 2.06 bits per heavy atom. The molecule has 0 aromatic heterocycles. The predicted octanol–water partition coefficient (Wildman–Crippen LogP) is 2.98. The van der Waals surface area contributed by atoms with Crippen LogP contribution in [-0.4, -0.2) is 29.2 Å². The predicted molar refractivity (Wildman–Crippen MR) is 73.3 cm³/mol. The molecular weight excluding hydrogens is 222 g/mol. The van der Waals surface area contributed by atoms with Gasteiger partial charge in [0.25, 0.3) is 0 Å². The molecule has 0 spiro atoms. The number of likely N-dealkylation sites (N-methyl/N-ethyl adjacent to an activating group) is 1. The summed E-state index contributed by atoms with van der Waals surface area (Å²) in [6, 6.07) is 11.3. The number of aliphatic hydroxyl groups excluding tert-OH is 1. The zero-order chi connectivity index (χ0) is 12.6. The number of hydrogen-bond donors (Lipinski definition) is 1. The summed E-state index contributed by atoms with van der Waals surface area (Å²) in [6.07, 6.45) is 6.26. The average Bonchev–Trinajstić information content (AvgIpc) is 2.74. The highest BCUT2D eigenvalue weighted by Crippen LogP contribution is 2.51. The van der Waals surface area contributed by atoms with Crippen molar-refractivity contribution in [3.8, 4) is 0 Å². The molecule has 2 nitrogen and oxygen atoms in total. The molecule has 1 aliphatic carbocycles. The van der Waals surface area contributed by atoms with E-state index >= 15 is 0 Å². The third kappa shape index (κ3) is 1.70. The molecule has 18 heavy (non-hydrogen) atoms. The van der Waals surface area contributed by atoms with Gasteiger partial charge in [0.1, 0.15) is 0 Å². The Balaban J connectivity index is 1.92. The Kier molecular flexibility index (Phi) is 3.16. The largest absolute Gasteiger partial charge is 0.394 e. The minimum absolute atomic E-state index is 0.0543. The van der Waals surface area contributed by atoms with Crippen molar-refractivity contribution in [1.29, 1.82) is 0 Å². The lowest BCUT2D eigenvalue weighted by atomic mass is 9.74. The summed E-state index contributed by atoms with van der Waals surface area (Å²) < 4.78 is 0. The number of likely N-dealkylation sites (tertiary alicyclic amines) is 1. The molecule has 1 N–H and O–H groups in total. The Morgan fingerprint density at radius 1 is 1.28 bits per heavy atom. The fourth-order valence-corrected chi connectivity index (χ4v) is 4.19. The fraction of sp³-hybridized carbons (Fsp3) is 0.625. The molecule has 1 aromatic rings. The highest BCUT2D eigenvalue weighted by Gasteiger charge is 2.51. The van der Waals surface area contributed by atoms with E-state index in [1.165, 1.54) is 31.2 Å². The van der Waals surface area contributed by atoms with Crippen molar-refractivity contribution in [2.45, 2.75) is 43.7 Å². The maximum absolute atomic E-state index is 9.95. The maximum atomic E-state index is 9.95. The Morgan fingerprint density at radius 3 is 2.72 bits per heavy atom. The molecule has 0 unspecified atom stereocenters. The van der Waals surface area contributed by atoms with Gasteiger partial charge in [-0.25, -0.2) is 0 Å². The monoisotopic (exact) mass is 245 g/mol. The number of rotatable bonds is 2. The zero-order valence-electron chi connectivity index (χ0n) is 11.2. The summed E-state index contributed by atoms with van der Waals surface area (Å²) in [6.45, 7) is 0.317. The SMILES string of the molecule is CN1[C@H](c2ccccc2)C[C@@H]2CCCC[C@@]21CO. The molecule has 0 radical (unpaired) electrons. The van der Waals surface area contributed by atoms with Crippen molar-refractivity contribution in [2.24, 2.45) is 5.92 Å². The van der Waals surface area contributed by atoms with Gasteiger partial charge in [0.15, 0.2) is 0 Å². The molecule has 1 saturated heterocycles. The number of nitrogens with zero attached hydrogens (tertiary/aromatic N) is 1. The summed E-state index contributed by atoms with van der Waals surface area (Å²) in [4.78, 5) is 2.46. The lowest BCUT2D eigenvalue weighted by molar-refractivity contribution is 0.0109. The van der Waals surface area contributed by atoms with Gasteiger partial charge < -0.3 is 5.11 Å². The molecule has 2 heteroatoms. The molecule has 1 aromatic carbocycles. The third-order valence-electron chi connectivity index (χ3n) is 5.31. The van der Waals surface area contributed by atoms with Crippen LogP contribution >= 0.6 is 0 Å². The summed E-state index contributed by atoms with van der Waals surface area (Å²) >= 11 is 0. The topological polar surface area (TPSA) is 23.5 Å². The Bertz CT molecular complexity index is 405. The molecule has 1 saturated carbocycles. The quantitative estimate of drug-likeness (QED) is 0.866. The van der Waals surface area contributed by atoms with Crippen molar-refractivity contribution < 1.29 is 5.11 Å². The van der Waals surface area contributed by atoms with Crippen molar-refractivity contribution >= 4 is 0 Å². The van der Waals surface area contributed by atoms with Crippen LogP contribution in [-0.2, 0) is 0 Å². The van der Waals surface area contributed by atoms with Gasteiger partial charge >= 0.3 is 0 Å². The van der Waals surface area contributed by atoms with E-state index in [4.69, 9.17) is 0 Å². The van der Waals surface area contributed by atoms with E-state index in [0.717, 1.165) is 6.42 Å². The van der Waals surface area contributed by atoms with Gasteiger partial charge in [-0.1, -0.05) is 43.2 Å². The zero-order valence-corrected chi connectivity index (χ0v) is 11.2. The van der Waals surface area contributed by atoms with Crippen LogP contribution in [0.3, 0.4) is 0 Å². The van der Waals surface area contributed by atoms with Crippen LogP contribution in [0.1, 0.15) is 43.7 Å². The number of fused-ring (bicyclic) bond motifs is 1. The van der Waals surface area contributed by atoms with E-state index in [2.05, 4.69) is 42.3 Å². The highest BCUT2D eigenvalue weighted by atomic mass is 16.3. The molecule has 1 aliphatic heterocycles. The van der Waals surface area contributed by atoms with Crippen LogP contribution < -0.4 is 0 Å². The van der Waals surface area contributed by atoms with Crippen molar-refractivity contribution in [2.75, 3.05) is 13.7 Å². The minimum atomic E-state index is 0.0543. The fourth-order valence-electron chi connectivity index (χ4n) is 4.19. The summed E-state index contributed by atoms with van der Waals surface area (Å²) in [5.41, 5.74) is 1.46. The molecule has 3 atom stereocenters. The van der Waals surface area contributed by atoms with Gasteiger partial charge in [-0.15, -0.1) is 0 Å². The van der Waals surface area contributed by atoms with Crippen LogP contribution in [0.2, 0.25) is 0 Å². The Labute approximate surface area is 110 Å². The van der Waals surface area contributed by atoms with Gasteiger partial charge in [-0.3, -0.25) is 4.90 Å². The third-order valence-corrected chi connectivity index (χ3v) is 5.31. The van der Waals surface area contributed by atoms with Gasteiger partial charge in [0, 0.05) is 11.6 Å². The summed E-state index contributed by atoms with van der Waals surface area (Å²) in [7, 11) is 2.21. The van der Waals surface area contributed by atoms with Crippen LogP contribution in [0, 0.1) is 5.92 Å². The van der Waals surface area contributed by atoms with E-state index < -0.39 is 0 Å². The first-order chi connectivity index (χ1) is 8.78. The molecule has 2 aliphatic rings. The molecule has 1 heterocycles. The second kappa shape index (κ2) is 4.67. The second-order valence-corrected chi connectivity index (χ2v) is 5.98. The summed E-state index contributed by atoms with van der Waals surface area (Å²) in [5, 5.41) is 9.95. The number of aliphatic hydroxyl groups is 1. The first kappa shape index (κ1) is 12.2. The van der Waals surface area contributed by atoms with E-state index in [1.807, 2.05) is 0 Å². The lowest BCUT2D eigenvalue weighted by Crippen LogP contribution is -2.51. The molecule has 0 amide bonds. The van der Waals surface area contributed by atoms with E-state index in [0.29, 0.717) is 18.6 Å². The van der Waals surface area contributed by atoms with E-state index in [1.54, 1.807) is 0 Å².